The van der Waals surface area contributed by atoms with Gasteiger partial charge in [0.1, 0.15) is 67.6 Å². The topological polar surface area (TPSA) is 255 Å². The Bertz CT molecular complexity index is 1920. The molecule has 10 rings (SSSR count). The number of aliphatic hydroxyl groups is 7. The van der Waals surface area contributed by atoms with E-state index in [1.165, 1.54) is 30.9 Å². The molecule has 18 heteroatoms. The number of hydrogen-bond donors (Lipinski definition) is 7. The molecule has 25 atom stereocenters. The van der Waals surface area contributed by atoms with Crippen LogP contribution in [0.1, 0.15) is 103 Å². The summed E-state index contributed by atoms with van der Waals surface area (Å²) in [6.45, 7) is 10.7. The van der Waals surface area contributed by atoms with Gasteiger partial charge in [0, 0.05) is 12.3 Å². The van der Waals surface area contributed by atoms with Crippen molar-refractivity contribution in [3.05, 3.63) is 35.8 Å². The second kappa shape index (κ2) is 18.5. The summed E-state index contributed by atoms with van der Waals surface area (Å²) in [5.41, 5.74) is 1.48. The number of carbonyl (C=O) groups is 1. The van der Waals surface area contributed by atoms with Crippen LogP contribution in [0.5, 0.6) is 0 Å². The lowest BCUT2D eigenvalue weighted by Crippen LogP contribution is -2.65. The van der Waals surface area contributed by atoms with Gasteiger partial charge in [-0.15, -0.1) is 0 Å². The van der Waals surface area contributed by atoms with Crippen LogP contribution < -0.4 is 0 Å². The van der Waals surface area contributed by atoms with Crippen molar-refractivity contribution >= 4 is 5.97 Å². The Morgan fingerprint density at radius 2 is 1.54 bits per heavy atom. The number of aliphatic hydroxyl groups excluding tert-OH is 7. The number of carbonyl (C=O) groups excluding carboxylic acids is 1. The van der Waals surface area contributed by atoms with E-state index < -0.39 is 111 Å². The molecule has 6 heterocycles. The number of rotatable bonds is 10. The van der Waals surface area contributed by atoms with Gasteiger partial charge in [-0.05, 0) is 111 Å². The molecule has 9 aliphatic rings. The van der Waals surface area contributed by atoms with Crippen molar-refractivity contribution in [3.63, 3.8) is 0 Å². The van der Waals surface area contributed by atoms with Crippen molar-refractivity contribution in [2.75, 3.05) is 19.8 Å². The molecule has 0 amide bonds. The maximum absolute atomic E-state index is 12.4. The molecule has 0 bridgehead atoms. The highest BCUT2D eigenvalue weighted by molar-refractivity contribution is 5.86. The smallest absolute Gasteiger partial charge is 0.374 e. The number of hydrogen-bond acceptors (Lipinski definition) is 18. The van der Waals surface area contributed by atoms with Crippen molar-refractivity contribution in [3.8, 4) is 0 Å². The Labute approximate surface area is 391 Å². The normalized spacial score (nSPS) is 52.8. The zero-order chi connectivity index (χ0) is 47.3. The highest BCUT2D eigenvalue weighted by Gasteiger charge is 2.69. The van der Waals surface area contributed by atoms with Gasteiger partial charge in [0.15, 0.2) is 24.7 Å². The second-order valence-electron chi connectivity index (χ2n) is 22.0. The third-order valence-electron chi connectivity index (χ3n) is 18.3. The SMILES string of the molecule is C[C@@H]1CC[C@@]2(OC1)OC1CC3C4CC=C5C[C@@H](O[C@@H]6O[C@H](CO)[C@@H](O[C@@H]7O[C@@H](COC(=O)c8ccco8)[C@H](O)[C@H]7O)[C@H](O)[C@H]6O[C@@H]6O[C@@H](C)[C@H](O)[C@@H](O)[C@H]6O)CC[C@]5(C)C4CC[C@]3(C)C1[C@@H]2C. The Morgan fingerprint density at radius 1 is 0.791 bits per heavy atom. The van der Waals surface area contributed by atoms with Crippen molar-refractivity contribution in [2.45, 2.75) is 196 Å². The summed E-state index contributed by atoms with van der Waals surface area (Å²) in [6.07, 6.45) is -8.51. The first-order valence-electron chi connectivity index (χ1n) is 24.8. The van der Waals surface area contributed by atoms with Gasteiger partial charge in [0.05, 0.1) is 37.8 Å². The molecule has 1 spiro atoms. The maximum Gasteiger partial charge on any atom is 0.374 e. The molecule has 3 saturated carbocycles. The van der Waals surface area contributed by atoms with E-state index in [0.717, 1.165) is 51.6 Å². The minimum Gasteiger partial charge on any atom is -0.457 e. The van der Waals surface area contributed by atoms with Gasteiger partial charge in [-0.2, -0.15) is 0 Å². The van der Waals surface area contributed by atoms with E-state index in [9.17, 15) is 40.5 Å². The number of furan rings is 1. The van der Waals surface area contributed by atoms with Crippen LogP contribution >= 0.6 is 0 Å². The van der Waals surface area contributed by atoms with Crippen LogP contribution in [0.2, 0.25) is 0 Å². The Balaban J connectivity index is 0.835. The Kier molecular flexibility index (Phi) is 13.4. The Morgan fingerprint density at radius 3 is 2.27 bits per heavy atom. The standard InChI is InChI=1S/C49H72O18/c1-22-10-15-49(60-20-22)23(2)34-31(67-49)18-29-27-9-8-25-17-26(11-13-47(25,4)28(27)12-14-48(29,34)5)62-46-42(66-44-39(55)37(53)35(51)24(3)61-44)40(56)41(32(19-50)63-46)65-45-38(54)36(52)33(64-45)21-59-43(57)30-7-6-16-58-30/h6-8,16,22-24,26-29,31-42,44-46,50-56H,9-15,17-21H2,1-5H3/t22-,23+,24+,26+,27?,28?,29?,31?,32-,33+,34?,35+,36+,37-,38-,39-,40+,41-,42-,44+,45+,46-,47+,48+,49-/m1/s1. The average Bonchev–Trinajstić information content (AvgIpc) is 4.08. The molecule has 5 unspecified atom stereocenters. The first-order valence-corrected chi connectivity index (χ1v) is 24.8. The summed E-state index contributed by atoms with van der Waals surface area (Å²) in [6, 6.07) is 2.91. The van der Waals surface area contributed by atoms with Crippen molar-refractivity contribution in [1.82, 2.24) is 0 Å². The minimum absolute atomic E-state index is 0.0394. The van der Waals surface area contributed by atoms with Crippen LogP contribution in [0.3, 0.4) is 0 Å². The first-order chi connectivity index (χ1) is 32.0. The van der Waals surface area contributed by atoms with E-state index in [2.05, 4.69) is 33.8 Å². The number of fused-ring (bicyclic) bond motifs is 7. The lowest BCUT2D eigenvalue weighted by atomic mass is 9.47. The number of ether oxygens (including phenoxy) is 9. The molecule has 7 N–H and O–H groups in total. The fourth-order valence-electron chi connectivity index (χ4n) is 14.4. The van der Waals surface area contributed by atoms with E-state index in [-0.39, 0.29) is 28.8 Å². The molecule has 8 fully saturated rings. The molecule has 0 aromatic carbocycles. The van der Waals surface area contributed by atoms with Gasteiger partial charge in [-0.1, -0.05) is 39.3 Å². The van der Waals surface area contributed by atoms with Gasteiger partial charge in [-0.3, -0.25) is 0 Å². The van der Waals surface area contributed by atoms with Crippen LogP contribution in [0.25, 0.3) is 0 Å². The third-order valence-corrected chi connectivity index (χ3v) is 18.3. The lowest BCUT2D eigenvalue weighted by Gasteiger charge is -2.58. The fourth-order valence-corrected chi connectivity index (χ4v) is 14.4. The monoisotopic (exact) mass is 948 g/mol. The van der Waals surface area contributed by atoms with Crippen LogP contribution in [0.4, 0.5) is 0 Å². The summed E-state index contributed by atoms with van der Waals surface area (Å²) >= 11 is 0. The van der Waals surface area contributed by atoms with E-state index in [4.69, 9.17) is 47.0 Å². The summed E-state index contributed by atoms with van der Waals surface area (Å²) in [4.78, 5) is 12.4. The molecular weight excluding hydrogens is 877 g/mol. The summed E-state index contributed by atoms with van der Waals surface area (Å²) in [7, 11) is 0. The number of allylic oxidation sites excluding steroid dienone is 1. The zero-order valence-electron chi connectivity index (χ0n) is 39.1. The van der Waals surface area contributed by atoms with E-state index >= 15 is 0 Å². The largest absolute Gasteiger partial charge is 0.457 e. The highest BCUT2D eigenvalue weighted by atomic mass is 16.8. The van der Waals surface area contributed by atoms with Crippen molar-refractivity contribution in [1.29, 1.82) is 0 Å². The first kappa shape index (κ1) is 48.5. The quantitative estimate of drug-likeness (QED) is 0.131. The zero-order valence-corrected chi connectivity index (χ0v) is 39.1. The molecule has 1 aromatic rings. The summed E-state index contributed by atoms with van der Waals surface area (Å²) < 4.78 is 60.7. The van der Waals surface area contributed by atoms with Crippen LogP contribution in [-0.4, -0.2) is 166 Å². The maximum atomic E-state index is 12.4. The van der Waals surface area contributed by atoms with Crippen LogP contribution in [0, 0.1) is 46.3 Å². The van der Waals surface area contributed by atoms with Crippen molar-refractivity contribution < 1.29 is 87.6 Å². The average molecular weight is 949 g/mol. The molecule has 376 valence electrons. The second-order valence-corrected chi connectivity index (χ2v) is 22.0. The number of esters is 1. The van der Waals surface area contributed by atoms with Gasteiger partial charge in [0.2, 0.25) is 5.76 Å². The van der Waals surface area contributed by atoms with Gasteiger partial charge < -0.3 is 82.8 Å². The van der Waals surface area contributed by atoms with Crippen LogP contribution in [-0.2, 0) is 42.6 Å². The van der Waals surface area contributed by atoms with E-state index in [1.54, 1.807) is 0 Å². The minimum atomic E-state index is -1.73. The summed E-state index contributed by atoms with van der Waals surface area (Å²) in [5, 5.41) is 76.7. The molecule has 1 aromatic heterocycles. The van der Waals surface area contributed by atoms with Crippen molar-refractivity contribution in [2.24, 2.45) is 46.3 Å². The predicted octanol–water partition coefficient (Wildman–Crippen LogP) is 2.31. The fraction of sp³-hybridized carbons (Fsp3) is 0.857. The molecule has 5 saturated heterocycles. The molecule has 18 nitrogen and oxygen atoms in total. The van der Waals surface area contributed by atoms with Gasteiger partial charge >= 0.3 is 5.97 Å². The predicted molar refractivity (Wildman–Crippen MR) is 230 cm³/mol. The lowest BCUT2D eigenvalue weighted by molar-refractivity contribution is -0.380. The van der Waals surface area contributed by atoms with E-state index in [0.29, 0.717) is 48.3 Å². The molecule has 5 aliphatic heterocycles. The van der Waals surface area contributed by atoms with Crippen LogP contribution in [0.15, 0.2) is 34.5 Å². The van der Waals surface area contributed by atoms with Gasteiger partial charge in [-0.25, -0.2) is 4.79 Å². The molecular formula is C49H72O18. The third kappa shape index (κ3) is 8.28. The highest BCUT2D eigenvalue weighted by Crippen LogP contribution is 2.70. The summed E-state index contributed by atoms with van der Waals surface area (Å²) in [5.74, 6) is 1.66. The molecule has 4 aliphatic carbocycles. The van der Waals surface area contributed by atoms with Gasteiger partial charge in [0.25, 0.3) is 0 Å². The molecule has 67 heavy (non-hydrogen) atoms. The van der Waals surface area contributed by atoms with E-state index in [1.807, 2.05) is 0 Å². The molecule has 0 radical (unpaired) electrons. The Hall–Kier alpha value is -2.11.